The SMILES string of the molecule is COc1ccc(F)c(-c2ccc([C@@H]3COc4ccc(C(C5CC5)[C@H](C)C(=O)O)cc4O3)nc2C(F)(F)F)c1. The Morgan fingerprint density at radius 2 is 1.84 bits per heavy atom. The van der Waals surface area contributed by atoms with Gasteiger partial charge in [-0.3, -0.25) is 4.79 Å². The lowest BCUT2D eigenvalue weighted by Crippen LogP contribution is -2.25. The van der Waals surface area contributed by atoms with Gasteiger partial charge in [-0.15, -0.1) is 0 Å². The number of benzene rings is 2. The minimum atomic E-state index is -4.87. The maximum Gasteiger partial charge on any atom is 0.433 e. The first-order valence-electron chi connectivity index (χ1n) is 12.1. The summed E-state index contributed by atoms with van der Waals surface area (Å²) in [5, 5.41) is 9.58. The van der Waals surface area contributed by atoms with Gasteiger partial charge in [0.1, 0.15) is 18.2 Å². The van der Waals surface area contributed by atoms with E-state index in [9.17, 15) is 27.5 Å². The van der Waals surface area contributed by atoms with Gasteiger partial charge in [-0.25, -0.2) is 9.37 Å². The third kappa shape index (κ3) is 4.99. The van der Waals surface area contributed by atoms with Crippen LogP contribution >= 0.6 is 0 Å². The average molecular weight is 532 g/mol. The van der Waals surface area contributed by atoms with Crippen LogP contribution in [0.2, 0.25) is 0 Å². The van der Waals surface area contributed by atoms with E-state index in [2.05, 4.69) is 4.98 Å². The van der Waals surface area contributed by atoms with E-state index in [1.807, 2.05) is 6.07 Å². The molecule has 200 valence electrons. The zero-order chi connectivity index (χ0) is 27.2. The molecule has 3 atom stereocenters. The molecule has 5 rings (SSSR count). The first kappa shape index (κ1) is 25.8. The summed E-state index contributed by atoms with van der Waals surface area (Å²) in [6, 6.07) is 11.3. The lowest BCUT2D eigenvalue weighted by Gasteiger charge is -2.29. The molecule has 1 aliphatic heterocycles. The number of pyridine rings is 1. The zero-order valence-electron chi connectivity index (χ0n) is 20.6. The Bertz CT molecular complexity index is 1370. The molecule has 1 fully saturated rings. The van der Waals surface area contributed by atoms with Crippen molar-refractivity contribution < 1.29 is 41.7 Å². The number of hydrogen-bond acceptors (Lipinski definition) is 5. The molecule has 0 spiro atoms. The van der Waals surface area contributed by atoms with Crippen molar-refractivity contribution in [2.45, 2.75) is 38.0 Å². The molecule has 0 radical (unpaired) electrons. The lowest BCUT2D eigenvalue weighted by molar-refractivity contribution is -0.142. The average Bonchev–Trinajstić information content (AvgIpc) is 3.73. The number of carboxylic acids is 1. The number of halogens is 4. The van der Waals surface area contributed by atoms with Crippen molar-refractivity contribution >= 4 is 5.97 Å². The highest BCUT2D eigenvalue weighted by Gasteiger charge is 2.40. The second kappa shape index (κ2) is 9.81. The van der Waals surface area contributed by atoms with E-state index < -0.39 is 41.2 Å². The molecule has 0 saturated heterocycles. The van der Waals surface area contributed by atoms with Crippen molar-refractivity contribution in [3.8, 4) is 28.4 Å². The van der Waals surface area contributed by atoms with Crippen LogP contribution in [-0.2, 0) is 11.0 Å². The molecule has 1 unspecified atom stereocenters. The minimum Gasteiger partial charge on any atom is -0.497 e. The number of alkyl halides is 3. The topological polar surface area (TPSA) is 77.9 Å². The number of carbonyl (C=O) groups is 1. The molecule has 2 heterocycles. The van der Waals surface area contributed by atoms with E-state index >= 15 is 0 Å². The van der Waals surface area contributed by atoms with Gasteiger partial charge >= 0.3 is 12.1 Å². The Morgan fingerprint density at radius 3 is 2.50 bits per heavy atom. The van der Waals surface area contributed by atoms with E-state index in [4.69, 9.17) is 14.2 Å². The largest absolute Gasteiger partial charge is 0.497 e. The summed E-state index contributed by atoms with van der Waals surface area (Å²) in [7, 11) is 1.34. The van der Waals surface area contributed by atoms with Gasteiger partial charge in [-0.05, 0) is 66.6 Å². The van der Waals surface area contributed by atoms with Crippen LogP contribution in [0.3, 0.4) is 0 Å². The highest BCUT2D eigenvalue weighted by atomic mass is 19.4. The normalized spacial score (nSPS) is 18.5. The maximum absolute atomic E-state index is 14.5. The number of methoxy groups -OCH3 is 1. The van der Waals surface area contributed by atoms with E-state index in [-0.39, 0.29) is 35.4 Å². The van der Waals surface area contributed by atoms with Crippen LogP contribution in [0.5, 0.6) is 17.2 Å². The van der Waals surface area contributed by atoms with Crippen molar-refractivity contribution in [3.63, 3.8) is 0 Å². The summed E-state index contributed by atoms with van der Waals surface area (Å²) in [5.74, 6) is -1.39. The first-order chi connectivity index (χ1) is 18.1. The molecule has 6 nitrogen and oxygen atoms in total. The fraction of sp³-hybridized carbons (Fsp3) is 0.357. The van der Waals surface area contributed by atoms with Crippen molar-refractivity contribution in [2.75, 3.05) is 13.7 Å². The number of aliphatic carboxylic acids is 1. The van der Waals surface area contributed by atoms with Gasteiger partial charge in [0, 0.05) is 11.1 Å². The zero-order valence-corrected chi connectivity index (χ0v) is 20.6. The number of fused-ring (bicyclic) bond motifs is 1. The van der Waals surface area contributed by atoms with Crippen molar-refractivity contribution in [2.24, 2.45) is 11.8 Å². The standard InChI is InChI=1S/C28H25F4NO5/c1-14(27(34)35)25(15-3-4-15)16-5-10-22-23(11-16)38-24(13-37-22)21-9-7-18(26(33-21)28(30,31)32)19-12-17(36-2)6-8-20(19)29/h5-12,14-15,24-25H,3-4,13H2,1-2H3,(H,34,35)/t14-,24-,25?/m0/s1. The molecule has 1 aromatic heterocycles. The summed E-state index contributed by atoms with van der Waals surface area (Å²) in [6.45, 7) is 1.58. The second-order valence-electron chi connectivity index (χ2n) is 9.59. The monoisotopic (exact) mass is 531 g/mol. The molecule has 0 amide bonds. The number of aromatic nitrogens is 1. The molecule has 0 bridgehead atoms. The highest BCUT2D eigenvalue weighted by molar-refractivity contribution is 5.71. The van der Waals surface area contributed by atoms with E-state index in [1.54, 1.807) is 19.1 Å². The Hall–Kier alpha value is -3.82. The second-order valence-corrected chi connectivity index (χ2v) is 9.59. The van der Waals surface area contributed by atoms with Gasteiger partial charge in [0.15, 0.2) is 23.3 Å². The minimum absolute atomic E-state index is 0.0296. The number of rotatable bonds is 7. The van der Waals surface area contributed by atoms with Crippen LogP contribution in [-0.4, -0.2) is 29.8 Å². The van der Waals surface area contributed by atoms with Gasteiger partial charge < -0.3 is 19.3 Å². The summed E-state index contributed by atoms with van der Waals surface area (Å²) < 4.78 is 73.5. The van der Waals surface area contributed by atoms with Crippen LogP contribution in [0.1, 0.15) is 48.7 Å². The number of ether oxygens (including phenoxy) is 3. The first-order valence-corrected chi connectivity index (χ1v) is 12.1. The Labute approximate surface area is 216 Å². The molecule has 1 aliphatic carbocycles. The van der Waals surface area contributed by atoms with Crippen molar-refractivity contribution in [1.29, 1.82) is 0 Å². The van der Waals surface area contributed by atoms with Gasteiger partial charge in [0.05, 0.1) is 18.7 Å². The van der Waals surface area contributed by atoms with Crippen molar-refractivity contribution in [1.82, 2.24) is 4.98 Å². The molecule has 1 saturated carbocycles. The number of carboxylic acid groups (broad SMARTS) is 1. The van der Waals surface area contributed by atoms with Crippen molar-refractivity contribution in [3.05, 3.63) is 71.3 Å². The molecule has 38 heavy (non-hydrogen) atoms. The molecule has 1 N–H and O–H groups in total. The van der Waals surface area contributed by atoms with Crippen LogP contribution < -0.4 is 14.2 Å². The summed E-state index contributed by atoms with van der Waals surface area (Å²) >= 11 is 0. The molecular formula is C28H25F4NO5. The van der Waals surface area contributed by atoms with E-state index in [0.717, 1.165) is 30.5 Å². The van der Waals surface area contributed by atoms with Gasteiger partial charge in [0.25, 0.3) is 0 Å². The van der Waals surface area contributed by atoms with E-state index in [1.165, 1.54) is 25.3 Å². The summed E-state index contributed by atoms with van der Waals surface area (Å²) in [5.41, 5.74) is -1.22. The quantitative estimate of drug-likeness (QED) is 0.345. The fourth-order valence-corrected chi connectivity index (χ4v) is 4.94. The van der Waals surface area contributed by atoms with Gasteiger partial charge in [-0.1, -0.05) is 19.1 Å². The molecular weight excluding hydrogens is 506 g/mol. The molecule has 2 aliphatic rings. The fourth-order valence-electron chi connectivity index (χ4n) is 4.94. The molecule has 3 aromatic rings. The smallest absolute Gasteiger partial charge is 0.433 e. The molecule has 10 heteroatoms. The predicted octanol–water partition coefficient (Wildman–Crippen LogP) is 6.64. The lowest BCUT2D eigenvalue weighted by atomic mass is 9.83. The summed E-state index contributed by atoms with van der Waals surface area (Å²) in [6.07, 6.45) is -3.96. The number of nitrogens with zero attached hydrogens (tertiary/aromatic N) is 1. The number of hydrogen-bond donors (Lipinski definition) is 1. The third-order valence-electron chi connectivity index (χ3n) is 7.05. The van der Waals surface area contributed by atoms with Gasteiger partial charge in [-0.2, -0.15) is 13.2 Å². The van der Waals surface area contributed by atoms with Crippen LogP contribution in [0.15, 0.2) is 48.5 Å². The van der Waals surface area contributed by atoms with E-state index in [0.29, 0.717) is 11.5 Å². The summed E-state index contributed by atoms with van der Waals surface area (Å²) in [4.78, 5) is 15.5. The van der Waals surface area contributed by atoms with Gasteiger partial charge in [0.2, 0.25) is 0 Å². The Balaban J connectivity index is 1.48. The van der Waals surface area contributed by atoms with Crippen LogP contribution in [0, 0.1) is 17.7 Å². The van der Waals surface area contributed by atoms with Crippen LogP contribution in [0.4, 0.5) is 17.6 Å². The Morgan fingerprint density at radius 1 is 1.08 bits per heavy atom. The Kier molecular flexibility index (Phi) is 6.66. The van der Waals surface area contributed by atoms with Crippen LogP contribution in [0.25, 0.3) is 11.1 Å². The maximum atomic E-state index is 14.5. The predicted molar refractivity (Wildman–Crippen MR) is 129 cm³/mol. The highest BCUT2D eigenvalue weighted by Crippen LogP contribution is 2.49. The molecule has 2 aromatic carbocycles. The third-order valence-corrected chi connectivity index (χ3v) is 7.05.